The highest BCUT2D eigenvalue weighted by Gasteiger charge is 2.23. The summed E-state index contributed by atoms with van der Waals surface area (Å²) in [5, 5.41) is 10.5. The van der Waals surface area contributed by atoms with Gasteiger partial charge in [-0.15, -0.1) is 11.8 Å². The summed E-state index contributed by atoms with van der Waals surface area (Å²) in [6.45, 7) is 0.123. The van der Waals surface area contributed by atoms with E-state index in [4.69, 9.17) is 5.11 Å². The summed E-state index contributed by atoms with van der Waals surface area (Å²) in [5.41, 5.74) is 1.33. The average Bonchev–Trinajstić information content (AvgIpc) is 2.38. The number of halogens is 1. The lowest BCUT2D eigenvalue weighted by atomic mass is 10.1. The molecule has 0 bridgehead atoms. The van der Waals surface area contributed by atoms with Crippen molar-refractivity contribution in [1.82, 2.24) is 4.90 Å². The third-order valence-electron chi connectivity index (χ3n) is 2.68. The first kappa shape index (κ1) is 13.6. The minimum absolute atomic E-state index is 0.116. The van der Waals surface area contributed by atoms with E-state index in [1.165, 1.54) is 28.8 Å². The number of carboxylic acids is 1. The smallest absolute Gasteiger partial charge is 0.305 e. The number of carbonyl (C=O) groups excluding carboxylic acids is 1. The van der Waals surface area contributed by atoms with Crippen LogP contribution in [0.1, 0.15) is 12.0 Å². The Hall–Kier alpha value is -1.82. The molecule has 0 radical (unpaired) electrons. The van der Waals surface area contributed by atoms with Crippen LogP contribution in [0, 0.1) is 5.82 Å². The molecule has 0 saturated carbocycles. The molecular formula is C13H12FNO3S. The SMILES string of the molecule is O=C(O)CCN1C(=O)CSC=C1c1ccc(F)cc1. The molecule has 6 heteroatoms. The number of benzene rings is 1. The van der Waals surface area contributed by atoms with E-state index >= 15 is 0 Å². The fourth-order valence-electron chi connectivity index (χ4n) is 1.76. The zero-order chi connectivity index (χ0) is 13.8. The number of hydrogen-bond donors (Lipinski definition) is 1. The second-order valence-corrected chi connectivity index (χ2v) is 4.87. The van der Waals surface area contributed by atoms with Crippen molar-refractivity contribution in [3.05, 3.63) is 41.1 Å². The lowest BCUT2D eigenvalue weighted by molar-refractivity contribution is -0.137. The zero-order valence-electron chi connectivity index (χ0n) is 10.0. The number of carboxylic acid groups (broad SMARTS) is 1. The maximum atomic E-state index is 12.9. The standard InChI is InChI=1S/C13H12FNO3S/c14-10-3-1-9(2-4-10)11-7-19-8-12(16)15(11)6-5-13(17)18/h1-4,7H,5-6,8H2,(H,17,18). The van der Waals surface area contributed by atoms with Crippen LogP contribution in [0.2, 0.25) is 0 Å². The quantitative estimate of drug-likeness (QED) is 0.919. The lowest BCUT2D eigenvalue weighted by Gasteiger charge is -2.28. The zero-order valence-corrected chi connectivity index (χ0v) is 10.8. The number of thioether (sulfide) groups is 1. The van der Waals surface area contributed by atoms with E-state index in [0.717, 1.165) is 0 Å². The number of aliphatic carboxylic acids is 1. The summed E-state index contributed by atoms with van der Waals surface area (Å²) in [6, 6.07) is 5.78. The predicted octanol–water partition coefficient (Wildman–Crippen LogP) is 2.17. The van der Waals surface area contributed by atoms with Gasteiger partial charge in [-0.2, -0.15) is 0 Å². The van der Waals surface area contributed by atoms with Gasteiger partial charge in [0.2, 0.25) is 5.91 Å². The number of nitrogens with zero attached hydrogens (tertiary/aromatic N) is 1. The summed E-state index contributed by atoms with van der Waals surface area (Å²) in [5.74, 6) is -1.14. The summed E-state index contributed by atoms with van der Waals surface area (Å²) in [4.78, 5) is 23.9. The second-order valence-electron chi connectivity index (χ2n) is 4.01. The van der Waals surface area contributed by atoms with Gasteiger partial charge in [0.25, 0.3) is 0 Å². The van der Waals surface area contributed by atoms with Gasteiger partial charge in [0.15, 0.2) is 0 Å². The molecule has 1 heterocycles. The van der Waals surface area contributed by atoms with E-state index in [-0.39, 0.29) is 24.7 Å². The Morgan fingerprint density at radius 2 is 2.05 bits per heavy atom. The third-order valence-corrected chi connectivity index (χ3v) is 3.49. The highest BCUT2D eigenvalue weighted by Crippen LogP contribution is 2.28. The lowest BCUT2D eigenvalue weighted by Crippen LogP contribution is -2.34. The molecule has 0 atom stereocenters. The maximum absolute atomic E-state index is 12.9. The van der Waals surface area contributed by atoms with Crippen LogP contribution in [-0.4, -0.2) is 34.2 Å². The Morgan fingerprint density at radius 3 is 2.68 bits per heavy atom. The van der Waals surface area contributed by atoms with Crippen LogP contribution < -0.4 is 0 Å². The monoisotopic (exact) mass is 281 g/mol. The Kier molecular flexibility index (Phi) is 4.21. The van der Waals surface area contributed by atoms with Crippen molar-refractivity contribution >= 4 is 29.3 Å². The number of hydrogen-bond acceptors (Lipinski definition) is 3. The Bertz CT molecular complexity index is 527. The molecule has 1 amide bonds. The highest BCUT2D eigenvalue weighted by atomic mass is 32.2. The van der Waals surface area contributed by atoms with Gasteiger partial charge in [0, 0.05) is 6.54 Å². The van der Waals surface area contributed by atoms with Crippen LogP contribution in [0.15, 0.2) is 29.7 Å². The van der Waals surface area contributed by atoms with Crippen molar-refractivity contribution in [3.8, 4) is 0 Å². The minimum atomic E-state index is -0.954. The van der Waals surface area contributed by atoms with Gasteiger partial charge >= 0.3 is 5.97 Å². The van der Waals surface area contributed by atoms with Gasteiger partial charge in [-0.1, -0.05) is 0 Å². The van der Waals surface area contributed by atoms with E-state index in [0.29, 0.717) is 17.0 Å². The molecule has 1 aromatic carbocycles. The van der Waals surface area contributed by atoms with Gasteiger partial charge in [0.1, 0.15) is 5.82 Å². The van der Waals surface area contributed by atoms with Crippen molar-refractivity contribution in [2.24, 2.45) is 0 Å². The van der Waals surface area contributed by atoms with E-state index in [1.54, 1.807) is 17.5 Å². The van der Waals surface area contributed by atoms with Crippen molar-refractivity contribution in [2.75, 3.05) is 12.3 Å². The number of carbonyl (C=O) groups is 2. The Labute approximate surface area is 113 Å². The van der Waals surface area contributed by atoms with Crippen LogP contribution in [-0.2, 0) is 9.59 Å². The third kappa shape index (κ3) is 3.35. The molecule has 0 spiro atoms. The Morgan fingerprint density at radius 1 is 1.37 bits per heavy atom. The molecule has 1 N–H and O–H groups in total. The Balaban J connectivity index is 2.24. The topological polar surface area (TPSA) is 57.6 Å². The van der Waals surface area contributed by atoms with Crippen molar-refractivity contribution in [1.29, 1.82) is 0 Å². The molecule has 0 saturated heterocycles. The highest BCUT2D eigenvalue weighted by molar-refractivity contribution is 8.03. The van der Waals surface area contributed by atoms with E-state index < -0.39 is 5.97 Å². The largest absolute Gasteiger partial charge is 0.481 e. The second kappa shape index (κ2) is 5.88. The molecule has 0 unspecified atom stereocenters. The van der Waals surface area contributed by atoms with Gasteiger partial charge in [-0.25, -0.2) is 4.39 Å². The van der Waals surface area contributed by atoms with Gasteiger partial charge in [-0.05, 0) is 35.2 Å². The molecule has 1 aromatic rings. The first-order chi connectivity index (χ1) is 9.08. The molecule has 2 rings (SSSR count). The summed E-state index contributed by atoms with van der Waals surface area (Å²) in [6.07, 6.45) is -0.116. The van der Waals surface area contributed by atoms with Crippen LogP contribution in [0.3, 0.4) is 0 Å². The molecule has 0 aliphatic carbocycles. The average molecular weight is 281 g/mol. The molecule has 1 aliphatic heterocycles. The van der Waals surface area contributed by atoms with Crippen molar-refractivity contribution in [3.63, 3.8) is 0 Å². The number of rotatable bonds is 4. The minimum Gasteiger partial charge on any atom is -0.481 e. The van der Waals surface area contributed by atoms with Crippen LogP contribution in [0.25, 0.3) is 5.70 Å². The first-order valence-electron chi connectivity index (χ1n) is 5.68. The van der Waals surface area contributed by atoms with Crippen LogP contribution >= 0.6 is 11.8 Å². The van der Waals surface area contributed by atoms with Crippen LogP contribution in [0.4, 0.5) is 4.39 Å². The fraction of sp³-hybridized carbons (Fsp3) is 0.231. The fourth-order valence-corrected chi connectivity index (χ4v) is 2.57. The molecule has 19 heavy (non-hydrogen) atoms. The van der Waals surface area contributed by atoms with Crippen LogP contribution in [0.5, 0.6) is 0 Å². The molecule has 1 aliphatic rings. The van der Waals surface area contributed by atoms with E-state index in [2.05, 4.69) is 0 Å². The molecule has 0 fully saturated rings. The van der Waals surface area contributed by atoms with Gasteiger partial charge in [0.05, 0.1) is 17.9 Å². The maximum Gasteiger partial charge on any atom is 0.305 e. The summed E-state index contributed by atoms with van der Waals surface area (Å²) >= 11 is 1.35. The molecule has 100 valence electrons. The summed E-state index contributed by atoms with van der Waals surface area (Å²) < 4.78 is 12.9. The molecule has 4 nitrogen and oxygen atoms in total. The predicted molar refractivity (Wildman–Crippen MR) is 70.8 cm³/mol. The van der Waals surface area contributed by atoms with E-state index in [1.807, 2.05) is 0 Å². The normalized spacial score (nSPS) is 15.3. The summed E-state index contributed by atoms with van der Waals surface area (Å²) in [7, 11) is 0. The van der Waals surface area contributed by atoms with Gasteiger partial charge < -0.3 is 10.0 Å². The molecular weight excluding hydrogens is 269 g/mol. The number of amides is 1. The first-order valence-corrected chi connectivity index (χ1v) is 6.72. The van der Waals surface area contributed by atoms with Crippen molar-refractivity contribution < 1.29 is 19.1 Å². The van der Waals surface area contributed by atoms with E-state index in [9.17, 15) is 14.0 Å². The van der Waals surface area contributed by atoms with Gasteiger partial charge in [-0.3, -0.25) is 9.59 Å². The molecule has 0 aromatic heterocycles. The van der Waals surface area contributed by atoms with Crippen molar-refractivity contribution in [2.45, 2.75) is 6.42 Å².